The molecular weight excluding hydrogens is 446 g/mol. The Hall–Kier alpha value is -3.44. The van der Waals surface area contributed by atoms with Crippen molar-refractivity contribution in [1.29, 1.82) is 0 Å². The molecule has 11 heteroatoms. The zero-order chi connectivity index (χ0) is 22.0. The van der Waals surface area contributed by atoms with E-state index in [1.165, 1.54) is 47.6 Å². The van der Waals surface area contributed by atoms with Gasteiger partial charge in [-0.15, -0.1) is 11.3 Å². The quantitative estimate of drug-likeness (QED) is 0.183. The predicted octanol–water partition coefficient (Wildman–Crippen LogP) is 5.28. The van der Waals surface area contributed by atoms with Crippen LogP contribution in [0.5, 0.6) is 0 Å². The Labute approximate surface area is 182 Å². The molecule has 156 valence electrons. The van der Waals surface area contributed by atoms with Gasteiger partial charge in [-0.3, -0.25) is 14.9 Å². The molecule has 1 N–H and O–H groups in total. The number of carbonyl (C=O) groups excluding carboxylic acids is 1. The summed E-state index contributed by atoms with van der Waals surface area (Å²) < 4.78 is 26.7. The average molecular weight is 458 g/mol. The standard InChI is InChI=1S/C20H12F2N4O3S2/c21-12-3-1-11(2-4-12)14-8-30-19-18(14)20(24-10-23-19)31-9-17(27)25-13-5-6-15(22)16(7-13)26(28)29/h1-8,10H,9H2,(H,25,27). The van der Waals surface area contributed by atoms with Gasteiger partial charge in [-0.1, -0.05) is 23.9 Å². The van der Waals surface area contributed by atoms with Gasteiger partial charge in [0.2, 0.25) is 11.7 Å². The number of hydrogen-bond acceptors (Lipinski definition) is 7. The summed E-state index contributed by atoms with van der Waals surface area (Å²) >= 11 is 2.58. The van der Waals surface area contributed by atoms with E-state index in [2.05, 4.69) is 15.3 Å². The van der Waals surface area contributed by atoms with E-state index in [9.17, 15) is 23.7 Å². The maximum Gasteiger partial charge on any atom is 0.306 e. The molecule has 0 bridgehead atoms. The van der Waals surface area contributed by atoms with Crippen molar-refractivity contribution in [2.75, 3.05) is 11.1 Å². The molecule has 2 aromatic heterocycles. The SMILES string of the molecule is O=C(CSc1ncnc2scc(-c3ccc(F)cc3)c12)Nc1ccc(F)c([N+](=O)[O-])c1. The maximum atomic E-state index is 13.5. The minimum Gasteiger partial charge on any atom is -0.325 e. The molecule has 4 rings (SSSR count). The first-order valence-electron chi connectivity index (χ1n) is 8.77. The number of nitrogens with zero attached hydrogens (tertiary/aromatic N) is 3. The highest BCUT2D eigenvalue weighted by molar-refractivity contribution is 8.00. The van der Waals surface area contributed by atoms with Crippen molar-refractivity contribution in [1.82, 2.24) is 9.97 Å². The summed E-state index contributed by atoms with van der Waals surface area (Å²) in [7, 11) is 0. The van der Waals surface area contributed by atoms with Gasteiger partial charge >= 0.3 is 5.69 Å². The number of nitro groups is 1. The van der Waals surface area contributed by atoms with Crippen LogP contribution in [-0.4, -0.2) is 26.6 Å². The Bertz CT molecular complexity index is 1300. The topological polar surface area (TPSA) is 98.0 Å². The molecule has 2 heterocycles. The lowest BCUT2D eigenvalue weighted by molar-refractivity contribution is -0.387. The van der Waals surface area contributed by atoms with Crippen molar-refractivity contribution < 1.29 is 18.5 Å². The molecule has 31 heavy (non-hydrogen) atoms. The second-order valence-electron chi connectivity index (χ2n) is 6.28. The minimum absolute atomic E-state index is 0.0318. The number of aromatic nitrogens is 2. The van der Waals surface area contributed by atoms with Crippen molar-refractivity contribution in [2.45, 2.75) is 5.03 Å². The smallest absolute Gasteiger partial charge is 0.306 e. The number of fused-ring (bicyclic) bond motifs is 1. The second-order valence-corrected chi connectivity index (χ2v) is 8.10. The number of thioether (sulfide) groups is 1. The number of anilines is 1. The van der Waals surface area contributed by atoms with Crippen molar-refractivity contribution in [3.05, 3.63) is 75.9 Å². The van der Waals surface area contributed by atoms with Gasteiger partial charge < -0.3 is 5.32 Å². The molecule has 1 amide bonds. The minimum atomic E-state index is -0.980. The third kappa shape index (κ3) is 4.52. The zero-order valence-electron chi connectivity index (χ0n) is 15.5. The van der Waals surface area contributed by atoms with Crippen molar-refractivity contribution in [3.63, 3.8) is 0 Å². The van der Waals surface area contributed by atoms with Gasteiger partial charge in [-0.2, -0.15) is 4.39 Å². The highest BCUT2D eigenvalue weighted by atomic mass is 32.2. The van der Waals surface area contributed by atoms with Crippen LogP contribution in [0.1, 0.15) is 0 Å². The fraction of sp³-hybridized carbons (Fsp3) is 0.0500. The molecule has 0 fully saturated rings. The molecule has 0 radical (unpaired) electrons. The molecule has 0 saturated heterocycles. The number of hydrogen-bond donors (Lipinski definition) is 1. The molecule has 0 aliphatic heterocycles. The first-order valence-corrected chi connectivity index (χ1v) is 10.6. The largest absolute Gasteiger partial charge is 0.325 e. The van der Waals surface area contributed by atoms with Crippen molar-refractivity contribution in [3.8, 4) is 11.1 Å². The van der Waals surface area contributed by atoms with Crippen molar-refractivity contribution in [2.24, 2.45) is 0 Å². The molecule has 0 aliphatic carbocycles. The molecular formula is C20H12F2N4O3S2. The Balaban J connectivity index is 1.53. The van der Waals surface area contributed by atoms with E-state index in [0.717, 1.165) is 33.5 Å². The highest BCUT2D eigenvalue weighted by Gasteiger charge is 2.17. The van der Waals surface area contributed by atoms with Crippen LogP contribution in [0.3, 0.4) is 0 Å². The lowest BCUT2D eigenvalue weighted by atomic mass is 10.1. The van der Waals surface area contributed by atoms with E-state index >= 15 is 0 Å². The van der Waals surface area contributed by atoms with Crippen LogP contribution >= 0.6 is 23.1 Å². The number of halogens is 2. The van der Waals surface area contributed by atoms with E-state index in [4.69, 9.17) is 0 Å². The Morgan fingerprint density at radius 1 is 1.16 bits per heavy atom. The van der Waals surface area contributed by atoms with Crippen LogP contribution in [0.4, 0.5) is 20.2 Å². The summed E-state index contributed by atoms with van der Waals surface area (Å²) in [5.74, 6) is -1.79. The Morgan fingerprint density at radius 3 is 2.68 bits per heavy atom. The Morgan fingerprint density at radius 2 is 1.94 bits per heavy atom. The number of carbonyl (C=O) groups is 1. The average Bonchev–Trinajstić information content (AvgIpc) is 3.19. The van der Waals surface area contributed by atoms with Crippen LogP contribution in [-0.2, 0) is 4.79 Å². The molecule has 0 unspecified atom stereocenters. The van der Waals surface area contributed by atoms with Gasteiger partial charge in [0.15, 0.2) is 0 Å². The highest BCUT2D eigenvalue weighted by Crippen LogP contribution is 2.37. The van der Waals surface area contributed by atoms with E-state index in [0.29, 0.717) is 5.03 Å². The third-order valence-electron chi connectivity index (χ3n) is 4.26. The maximum absolute atomic E-state index is 13.5. The number of nitro benzene ring substituents is 1. The number of benzene rings is 2. The third-order valence-corrected chi connectivity index (χ3v) is 6.13. The predicted molar refractivity (Wildman–Crippen MR) is 115 cm³/mol. The summed E-state index contributed by atoms with van der Waals surface area (Å²) in [5, 5.41) is 16.6. The number of amides is 1. The normalized spacial score (nSPS) is 10.9. The van der Waals surface area contributed by atoms with Crippen molar-refractivity contribution >= 4 is 50.6 Å². The van der Waals surface area contributed by atoms with Gasteiger partial charge in [0.1, 0.15) is 22.0 Å². The van der Waals surface area contributed by atoms with Gasteiger partial charge in [0, 0.05) is 22.7 Å². The van der Waals surface area contributed by atoms with Crippen LogP contribution in [0.15, 0.2) is 59.2 Å². The second kappa shape index (κ2) is 8.74. The first kappa shape index (κ1) is 20.8. The lowest BCUT2D eigenvalue weighted by Gasteiger charge is -2.07. The van der Waals surface area contributed by atoms with Gasteiger partial charge in [-0.05, 0) is 29.8 Å². The monoisotopic (exact) mass is 458 g/mol. The van der Waals surface area contributed by atoms with Crippen LogP contribution in [0, 0.1) is 21.7 Å². The molecule has 7 nitrogen and oxygen atoms in total. The van der Waals surface area contributed by atoms with E-state index in [1.54, 1.807) is 12.1 Å². The van der Waals surface area contributed by atoms with Crippen LogP contribution in [0.2, 0.25) is 0 Å². The summed E-state index contributed by atoms with van der Waals surface area (Å²) in [5.41, 5.74) is 1.03. The van der Waals surface area contributed by atoms with Gasteiger partial charge in [0.25, 0.3) is 0 Å². The summed E-state index contributed by atoms with van der Waals surface area (Å²) in [6.45, 7) is 0. The molecule has 0 spiro atoms. The van der Waals surface area contributed by atoms with Crippen LogP contribution < -0.4 is 5.32 Å². The fourth-order valence-electron chi connectivity index (χ4n) is 2.86. The fourth-order valence-corrected chi connectivity index (χ4v) is 4.65. The van der Waals surface area contributed by atoms with Gasteiger partial charge in [0.05, 0.1) is 16.1 Å². The Kier molecular flexibility index (Phi) is 5.87. The van der Waals surface area contributed by atoms with Gasteiger partial charge in [-0.25, -0.2) is 14.4 Å². The summed E-state index contributed by atoms with van der Waals surface area (Å²) in [4.78, 5) is 31.6. The van der Waals surface area contributed by atoms with E-state index in [-0.39, 0.29) is 17.3 Å². The lowest BCUT2D eigenvalue weighted by Crippen LogP contribution is -2.14. The zero-order valence-corrected chi connectivity index (χ0v) is 17.2. The first-order chi connectivity index (χ1) is 14.9. The van der Waals surface area contributed by atoms with E-state index in [1.807, 2.05) is 5.38 Å². The molecule has 0 atom stereocenters. The molecule has 4 aromatic rings. The van der Waals surface area contributed by atoms with Crippen LogP contribution in [0.25, 0.3) is 21.3 Å². The number of rotatable bonds is 6. The summed E-state index contributed by atoms with van der Waals surface area (Å²) in [6, 6.07) is 9.19. The number of nitrogens with one attached hydrogen (secondary N) is 1. The van der Waals surface area contributed by atoms with E-state index < -0.39 is 22.3 Å². The summed E-state index contributed by atoms with van der Waals surface area (Å²) in [6.07, 6.45) is 1.40. The molecule has 0 aliphatic rings. The molecule has 2 aromatic carbocycles. The molecule has 0 saturated carbocycles. The number of thiophene rings is 1.